The molecule has 0 aliphatic carbocycles. The summed E-state index contributed by atoms with van der Waals surface area (Å²) in [5.41, 5.74) is 5.92. The van der Waals surface area contributed by atoms with Gasteiger partial charge in [-0.05, 0) is 35.9 Å². The number of carbonyl (C=O) groups excluding carboxylic acids is 1. The molecule has 2 N–H and O–H groups in total. The van der Waals surface area contributed by atoms with Crippen molar-refractivity contribution in [1.82, 2.24) is 10.4 Å². The molecule has 0 saturated carbocycles. The Bertz CT molecular complexity index is 897. The van der Waals surface area contributed by atoms with Gasteiger partial charge < -0.3 is 9.88 Å². The lowest BCUT2D eigenvalue weighted by Gasteiger charge is -2.12. The maximum Gasteiger partial charge on any atom is 0.271 e. The molecule has 1 heterocycles. The number of carbonyl (C=O) groups is 1. The maximum absolute atomic E-state index is 12.1. The molecule has 3 rings (SSSR count). The van der Waals surface area contributed by atoms with E-state index in [1.54, 1.807) is 24.5 Å². The van der Waals surface area contributed by atoms with Crippen LogP contribution in [0.4, 0.5) is 5.69 Å². The highest BCUT2D eigenvalue weighted by molar-refractivity contribution is 6.35. The third-order valence-electron chi connectivity index (χ3n) is 3.68. The molecule has 6 heteroatoms. The van der Waals surface area contributed by atoms with Gasteiger partial charge in [-0.2, -0.15) is 5.10 Å². The zero-order valence-corrected chi connectivity index (χ0v) is 14.1. The Morgan fingerprint density at radius 1 is 1.21 bits per heavy atom. The number of aromatic nitrogens is 1. The van der Waals surface area contributed by atoms with Crippen LogP contribution in [0.3, 0.4) is 0 Å². The largest absolute Gasteiger partial charge is 0.378 e. The molecule has 122 valence electrons. The molecule has 0 spiro atoms. The second-order valence-electron chi connectivity index (χ2n) is 5.58. The highest BCUT2D eigenvalue weighted by Gasteiger charge is 2.05. The molecule has 0 unspecified atom stereocenters. The minimum atomic E-state index is -0.249. The number of amides is 1. The molecule has 1 aromatic heterocycles. The van der Waals surface area contributed by atoms with Crippen molar-refractivity contribution in [3.8, 4) is 0 Å². The van der Waals surface area contributed by atoms with Gasteiger partial charge in [-0.3, -0.25) is 4.79 Å². The normalized spacial score (nSPS) is 11.1. The average molecular weight is 341 g/mol. The smallest absolute Gasteiger partial charge is 0.271 e. The van der Waals surface area contributed by atoms with E-state index < -0.39 is 0 Å². The summed E-state index contributed by atoms with van der Waals surface area (Å²) in [7, 11) is 3.90. The SMILES string of the molecule is CN(C)c1ccc(C(=O)N/N=C/c2ccc3c(Cl)c[nH]c3c2)cc1. The van der Waals surface area contributed by atoms with Crippen LogP contribution in [-0.4, -0.2) is 31.2 Å². The highest BCUT2D eigenvalue weighted by Crippen LogP contribution is 2.23. The van der Waals surface area contributed by atoms with E-state index in [9.17, 15) is 4.79 Å². The number of halogens is 1. The van der Waals surface area contributed by atoms with Crippen molar-refractivity contribution in [1.29, 1.82) is 0 Å². The maximum atomic E-state index is 12.1. The molecule has 0 fully saturated rings. The summed E-state index contributed by atoms with van der Waals surface area (Å²) < 4.78 is 0. The number of anilines is 1. The van der Waals surface area contributed by atoms with Crippen LogP contribution < -0.4 is 10.3 Å². The minimum Gasteiger partial charge on any atom is -0.378 e. The second-order valence-corrected chi connectivity index (χ2v) is 5.99. The fourth-order valence-electron chi connectivity index (χ4n) is 2.33. The van der Waals surface area contributed by atoms with Gasteiger partial charge in [0, 0.05) is 42.4 Å². The van der Waals surface area contributed by atoms with E-state index in [1.807, 2.05) is 49.3 Å². The zero-order valence-electron chi connectivity index (χ0n) is 13.4. The number of benzene rings is 2. The van der Waals surface area contributed by atoms with Gasteiger partial charge in [0.15, 0.2) is 0 Å². The first kappa shape index (κ1) is 16.1. The summed E-state index contributed by atoms with van der Waals surface area (Å²) in [6.07, 6.45) is 3.34. The van der Waals surface area contributed by atoms with Gasteiger partial charge in [-0.1, -0.05) is 23.7 Å². The Balaban J connectivity index is 1.67. The van der Waals surface area contributed by atoms with Crippen LogP contribution in [-0.2, 0) is 0 Å². The fourth-order valence-corrected chi connectivity index (χ4v) is 2.55. The number of aromatic amines is 1. The molecule has 2 aromatic carbocycles. The van der Waals surface area contributed by atoms with Crippen molar-refractivity contribution in [2.75, 3.05) is 19.0 Å². The van der Waals surface area contributed by atoms with Crippen LogP contribution >= 0.6 is 11.6 Å². The molecule has 0 aliphatic heterocycles. The summed E-state index contributed by atoms with van der Waals surface area (Å²) in [5, 5.41) is 5.65. The molecular formula is C18H17ClN4O. The van der Waals surface area contributed by atoms with E-state index in [2.05, 4.69) is 15.5 Å². The van der Waals surface area contributed by atoms with Crippen LogP contribution in [0.1, 0.15) is 15.9 Å². The first-order valence-electron chi connectivity index (χ1n) is 7.42. The Kier molecular flexibility index (Phi) is 4.53. The Labute approximate surface area is 144 Å². The van der Waals surface area contributed by atoms with E-state index >= 15 is 0 Å². The van der Waals surface area contributed by atoms with Crippen LogP contribution in [0.2, 0.25) is 5.02 Å². The van der Waals surface area contributed by atoms with E-state index in [4.69, 9.17) is 11.6 Å². The van der Waals surface area contributed by atoms with Crippen molar-refractivity contribution >= 4 is 40.3 Å². The number of H-pyrrole nitrogens is 1. The summed E-state index contributed by atoms with van der Waals surface area (Å²) in [6, 6.07) is 13.0. The van der Waals surface area contributed by atoms with Crippen molar-refractivity contribution < 1.29 is 4.79 Å². The van der Waals surface area contributed by atoms with Gasteiger partial charge in [0.1, 0.15) is 0 Å². The lowest BCUT2D eigenvalue weighted by Crippen LogP contribution is -2.17. The topological polar surface area (TPSA) is 60.5 Å². The van der Waals surface area contributed by atoms with E-state index in [0.29, 0.717) is 10.6 Å². The van der Waals surface area contributed by atoms with Gasteiger partial charge in [0.2, 0.25) is 0 Å². The number of nitrogens with one attached hydrogen (secondary N) is 2. The summed E-state index contributed by atoms with van der Waals surface area (Å²) in [6.45, 7) is 0. The average Bonchev–Trinajstić information content (AvgIpc) is 2.95. The Morgan fingerprint density at radius 3 is 2.67 bits per heavy atom. The number of hydrogen-bond donors (Lipinski definition) is 2. The highest BCUT2D eigenvalue weighted by atomic mass is 35.5. The van der Waals surface area contributed by atoms with Crippen LogP contribution in [0.5, 0.6) is 0 Å². The van der Waals surface area contributed by atoms with Gasteiger partial charge in [0.25, 0.3) is 5.91 Å². The quantitative estimate of drug-likeness (QED) is 0.562. The van der Waals surface area contributed by atoms with Crippen LogP contribution in [0.25, 0.3) is 10.9 Å². The molecular weight excluding hydrogens is 324 g/mol. The molecule has 1 amide bonds. The van der Waals surface area contributed by atoms with Gasteiger partial charge in [-0.25, -0.2) is 5.43 Å². The molecule has 0 saturated heterocycles. The molecule has 24 heavy (non-hydrogen) atoms. The van der Waals surface area contributed by atoms with Crippen LogP contribution in [0, 0.1) is 0 Å². The van der Waals surface area contributed by atoms with E-state index in [0.717, 1.165) is 22.2 Å². The number of hydrogen-bond acceptors (Lipinski definition) is 3. The Morgan fingerprint density at radius 2 is 1.96 bits per heavy atom. The molecule has 3 aromatic rings. The predicted molar refractivity (Wildman–Crippen MR) is 99.1 cm³/mol. The van der Waals surface area contributed by atoms with Gasteiger partial charge in [0.05, 0.1) is 11.2 Å². The lowest BCUT2D eigenvalue weighted by molar-refractivity contribution is 0.0955. The molecule has 5 nitrogen and oxygen atoms in total. The number of hydrazone groups is 1. The summed E-state index contributed by atoms with van der Waals surface area (Å²) in [4.78, 5) is 17.1. The van der Waals surface area contributed by atoms with Crippen molar-refractivity contribution in [2.45, 2.75) is 0 Å². The molecule has 0 atom stereocenters. The van der Waals surface area contributed by atoms with Crippen molar-refractivity contribution in [3.05, 3.63) is 64.8 Å². The van der Waals surface area contributed by atoms with Crippen molar-refractivity contribution in [2.24, 2.45) is 5.10 Å². The zero-order chi connectivity index (χ0) is 17.1. The standard InChI is InChI=1S/C18H17ClN4O/c1-23(2)14-6-4-13(5-7-14)18(24)22-21-10-12-3-8-15-16(19)11-20-17(15)9-12/h3-11,20H,1-2H3,(H,22,24)/b21-10+. The predicted octanol–water partition coefficient (Wildman–Crippen LogP) is 3.65. The monoisotopic (exact) mass is 340 g/mol. The first-order chi connectivity index (χ1) is 11.5. The van der Waals surface area contributed by atoms with Crippen LogP contribution in [0.15, 0.2) is 53.8 Å². The fraction of sp³-hybridized carbons (Fsp3) is 0.111. The van der Waals surface area contributed by atoms with E-state index in [1.165, 1.54) is 0 Å². The number of nitrogens with zero attached hydrogens (tertiary/aromatic N) is 2. The lowest BCUT2D eigenvalue weighted by atomic mass is 10.2. The second kappa shape index (κ2) is 6.76. The molecule has 0 aliphatic rings. The van der Waals surface area contributed by atoms with E-state index in [-0.39, 0.29) is 5.91 Å². The molecule has 0 radical (unpaired) electrons. The summed E-state index contributed by atoms with van der Waals surface area (Å²) >= 11 is 6.04. The number of rotatable bonds is 4. The third-order valence-corrected chi connectivity index (χ3v) is 3.99. The Hall–Kier alpha value is -2.79. The first-order valence-corrected chi connectivity index (χ1v) is 7.80. The molecule has 0 bridgehead atoms. The third kappa shape index (κ3) is 3.41. The van der Waals surface area contributed by atoms with Crippen molar-refractivity contribution in [3.63, 3.8) is 0 Å². The van der Waals surface area contributed by atoms with Gasteiger partial charge in [-0.15, -0.1) is 0 Å². The summed E-state index contributed by atoms with van der Waals surface area (Å²) in [5.74, 6) is -0.249. The minimum absolute atomic E-state index is 0.249. The number of fused-ring (bicyclic) bond motifs is 1. The van der Waals surface area contributed by atoms with Gasteiger partial charge >= 0.3 is 0 Å².